The van der Waals surface area contributed by atoms with E-state index in [9.17, 15) is 9.59 Å². The molecule has 3 fully saturated rings. The van der Waals surface area contributed by atoms with E-state index in [0.29, 0.717) is 24.3 Å². The van der Waals surface area contributed by atoms with Gasteiger partial charge in [0.1, 0.15) is 0 Å². The highest BCUT2D eigenvalue weighted by molar-refractivity contribution is 5.92. The highest BCUT2D eigenvalue weighted by Crippen LogP contribution is 2.43. The van der Waals surface area contributed by atoms with Crippen LogP contribution in [0, 0.1) is 11.8 Å². The molecule has 0 spiro atoms. The van der Waals surface area contributed by atoms with Crippen molar-refractivity contribution in [1.29, 1.82) is 0 Å². The van der Waals surface area contributed by atoms with Crippen LogP contribution in [0.2, 0.25) is 0 Å². The number of carboxylic acids is 1. The number of nitrogens with zero attached hydrogens (tertiary/aromatic N) is 2. The molecule has 4 atom stereocenters. The van der Waals surface area contributed by atoms with E-state index in [-0.39, 0.29) is 18.4 Å². The highest BCUT2D eigenvalue weighted by atomic mass is 16.4. The van der Waals surface area contributed by atoms with Crippen molar-refractivity contribution >= 4 is 18.0 Å². The standard InChI is InChI=1S/C24H32N2O3/c27-22(14-13-18-7-2-1-3-8-18)26-17-19-9-5-15-25-16-6-10-20(24(19)25)21(26)11-4-12-23(28)29/h1-3,7-8,13-14,19-21,24H,4-6,9-12,15-17H2,(H,28,29)/b14-13+/t19-,20+,21?,24-/m0/s1. The van der Waals surface area contributed by atoms with Gasteiger partial charge in [-0.1, -0.05) is 30.3 Å². The Kier molecular flexibility index (Phi) is 6.34. The van der Waals surface area contributed by atoms with E-state index in [1.807, 2.05) is 36.4 Å². The Labute approximate surface area is 173 Å². The van der Waals surface area contributed by atoms with E-state index in [0.717, 1.165) is 24.9 Å². The van der Waals surface area contributed by atoms with Crippen LogP contribution in [0.25, 0.3) is 6.08 Å². The van der Waals surface area contributed by atoms with E-state index in [4.69, 9.17) is 5.11 Å². The molecule has 1 aromatic carbocycles. The first kappa shape index (κ1) is 20.1. The second-order valence-electron chi connectivity index (χ2n) is 8.82. The Bertz CT molecular complexity index is 746. The maximum absolute atomic E-state index is 13.2. The maximum atomic E-state index is 13.2. The zero-order valence-electron chi connectivity index (χ0n) is 17.1. The van der Waals surface area contributed by atoms with Gasteiger partial charge in [0.15, 0.2) is 0 Å². The predicted octanol–water partition coefficient (Wildman–Crippen LogP) is 3.66. The van der Waals surface area contributed by atoms with Crippen molar-refractivity contribution in [3.8, 4) is 0 Å². The van der Waals surface area contributed by atoms with Crippen molar-refractivity contribution in [2.75, 3.05) is 19.6 Å². The predicted molar refractivity (Wildman–Crippen MR) is 113 cm³/mol. The molecule has 0 aromatic heterocycles. The van der Waals surface area contributed by atoms with Gasteiger partial charge >= 0.3 is 5.97 Å². The van der Waals surface area contributed by atoms with Crippen molar-refractivity contribution in [2.24, 2.45) is 11.8 Å². The number of carbonyl (C=O) groups excluding carboxylic acids is 1. The molecule has 1 unspecified atom stereocenters. The summed E-state index contributed by atoms with van der Waals surface area (Å²) < 4.78 is 0. The van der Waals surface area contributed by atoms with Crippen molar-refractivity contribution in [3.05, 3.63) is 42.0 Å². The molecule has 0 radical (unpaired) electrons. The van der Waals surface area contributed by atoms with Crippen LogP contribution in [0.3, 0.4) is 0 Å². The molecule has 1 amide bonds. The quantitative estimate of drug-likeness (QED) is 0.746. The molecule has 156 valence electrons. The fourth-order valence-corrected chi connectivity index (χ4v) is 5.91. The van der Waals surface area contributed by atoms with Crippen LogP contribution in [0.15, 0.2) is 36.4 Å². The summed E-state index contributed by atoms with van der Waals surface area (Å²) in [6.45, 7) is 3.18. The Morgan fingerprint density at radius 2 is 1.86 bits per heavy atom. The molecule has 0 aliphatic carbocycles. The average Bonchev–Trinajstić information content (AvgIpc) is 2.74. The molecule has 29 heavy (non-hydrogen) atoms. The van der Waals surface area contributed by atoms with Crippen LogP contribution in [0.1, 0.15) is 50.5 Å². The summed E-state index contributed by atoms with van der Waals surface area (Å²) in [5.74, 6) is 0.364. The number of likely N-dealkylation sites (tertiary alicyclic amines) is 1. The lowest BCUT2D eigenvalue weighted by Gasteiger charge is -2.57. The van der Waals surface area contributed by atoms with Gasteiger partial charge in [-0.3, -0.25) is 14.5 Å². The third-order valence-corrected chi connectivity index (χ3v) is 7.06. The summed E-state index contributed by atoms with van der Waals surface area (Å²) in [5.41, 5.74) is 1.03. The fourth-order valence-electron chi connectivity index (χ4n) is 5.91. The van der Waals surface area contributed by atoms with Crippen LogP contribution in [-0.2, 0) is 9.59 Å². The number of benzene rings is 1. The lowest BCUT2D eigenvalue weighted by molar-refractivity contribution is -0.141. The van der Waals surface area contributed by atoms with Crippen molar-refractivity contribution in [2.45, 2.75) is 57.0 Å². The smallest absolute Gasteiger partial charge is 0.303 e. The first-order valence-corrected chi connectivity index (χ1v) is 11.1. The van der Waals surface area contributed by atoms with E-state index in [1.165, 1.54) is 32.4 Å². The third kappa shape index (κ3) is 4.55. The maximum Gasteiger partial charge on any atom is 0.303 e. The van der Waals surface area contributed by atoms with Crippen molar-refractivity contribution in [1.82, 2.24) is 9.80 Å². The molecule has 3 heterocycles. The van der Waals surface area contributed by atoms with Gasteiger partial charge in [-0.05, 0) is 75.1 Å². The summed E-state index contributed by atoms with van der Waals surface area (Å²) >= 11 is 0. The highest BCUT2D eigenvalue weighted by Gasteiger charge is 2.49. The number of piperidine rings is 3. The van der Waals surface area contributed by atoms with Gasteiger partial charge < -0.3 is 10.0 Å². The van der Waals surface area contributed by atoms with E-state index < -0.39 is 5.97 Å². The molecule has 0 bridgehead atoms. The molecule has 3 aliphatic rings. The minimum absolute atomic E-state index is 0.0790. The normalized spacial score (nSPS) is 29.6. The van der Waals surface area contributed by atoms with Crippen LogP contribution >= 0.6 is 0 Å². The molecular weight excluding hydrogens is 364 g/mol. The fraction of sp³-hybridized carbons (Fsp3) is 0.583. The number of hydrogen-bond acceptors (Lipinski definition) is 3. The van der Waals surface area contributed by atoms with Gasteiger partial charge in [-0.25, -0.2) is 0 Å². The Balaban J connectivity index is 1.54. The van der Waals surface area contributed by atoms with Gasteiger partial charge in [0.2, 0.25) is 5.91 Å². The Morgan fingerprint density at radius 3 is 2.62 bits per heavy atom. The summed E-state index contributed by atoms with van der Waals surface area (Å²) in [6.07, 6.45) is 9.99. The topological polar surface area (TPSA) is 60.9 Å². The largest absolute Gasteiger partial charge is 0.481 e. The van der Waals surface area contributed by atoms with Crippen molar-refractivity contribution < 1.29 is 14.7 Å². The summed E-state index contributed by atoms with van der Waals surface area (Å²) in [4.78, 5) is 29.0. The zero-order chi connectivity index (χ0) is 20.2. The number of amides is 1. The monoisotopic (exact) mass is 396 g/mol. The number of rotatable bonds is 6. The van der Waals surface area contributed by atoms with Gasteiger partial charge in [-0.2, -0.15) is 0 Å². The molecule has 3 saturated heterocycles. The molecular formula is C24H32N2O3. The number of carbonyl (C=O) groups is 2. The number of hydrogen-bond donors (Lipinski definition) is 1. The molecule has 5 heteroatoms. The van der Waals surface area contributed by atoms with Crippen LogP contribution < -0.4 is 0 Å². The summed E-state index contributed by atoms with van der Waals surface area (Å²) in [6, 6.07) is 10.7. The molecule has 5 nitrogen and oxygen atoms in total. The van der Waals surface area contributed by atoms with Crippen molar-refractivity contribution in [3.63, 3.8) is 0 Å². The van der Waals surface area contributed by atoms with Crippen LogP contribution in [-0.4, -0.2) is 58.5 Å². The molecule has 3 aliphatic heterocycles. The van der Waals surface area contributed by atoms with E-state index >= 15 is 0 Å². The number of carboxylic acid groups (broad SMARTS) is 1. The molecule has 0 saturated carbocycles. The SMILES string of the molecule is O=C(O)CCCC1[C@H]2CCCN3CCC[C@@H](CN1C(=O)/C=C/c1ccccc1)[C@@H]23. The van der Waals surface area contributed by atoms with Gasteiger partial charge in [0.25, 0.3) is 0 Å². The van der Waals surface area contributed by atoms with Crippen LogP contribution in [0.4, 0.5) is 0 Å². The first-order valence-electron chi connectivity index (χ1n) is 11.1. The van der Waals surface area contributed by atoms with Gasteiger partial charge in [0.05, 0.1) is 0 Å². The second kappa shape index (κ2) is 9.12. The van der Waals surface area contributed by atoms with E-state index in [1.54, 1.807) is 6.08 Å². The van der Waals surface area contributed by atoms with Gasteiger partial charge in [0, 0.05) is 31.1 Å². The Hall–Kier alpha value is -2.14. The lowest BCUT2D eigenvalue weighted by atomic mass is 9.69. The average molecular weight is 397 g/mol. The number of aliphatic carboxylic acids is 1. The molecule has 1 N–H and O–H groups in total. The minimum atomic E-state index is -0.747. The van der Waals surface area contributed by atoms with E-state index in [2.05, 4.69) is 9.80 Å². The molecule has 4 rings (SSSR count). The Morgan fingerprint density at radius 1 is 1.10 bits per heavy atom. The minimum Gasteiger partial charge on any atom is -0.481 e. The first-order chi connectivity index (χ1) is 14.1. The van der Waals surface area contributed by atoms with Gasteiger partial charge in [-0.15, -0.1) is 0 Å². The lowest BCUT2D eigenvalue weighted by Crippen LogP contribution is -2.65. The zero-order valence-corrected chi connectivity index (χ0v) is 17.1. The summed E-state index contributed by atoms with van der Waals surface area (Å²) in [5, 5.41) is 9.09. The third-order valence-electron chi connectivity index (χ3n) is 7.06. The second-order valence-corrected chi connectivity index (χ2v) is 8.82. The van der Waals surface area contributed by atoms with Crippen LogP contribution in [0.5, 0.6) is 0 Å². The summed E-state index contributed by atoms with van der Waals surface area (Å²) in [7, 11) is 0. The molecule has 1 aromatic rings.